The van der Waals surface area contributed by atoms with E-state index in [1.165, 1.54) is 6.07 Å². The molecule has 1 rings (SSSR count). The molecule has 3 nitrogen and oxygen atoms in total. The molecule has 0 fully saturated rings. The Hall–Kier alpha value is -0.970. The van der Waals surface area contributed by atoms with Crippen LogP contribution in [0.4, 0.5) is 4.39 Å². The molecule has 0 atom stereocenters. The fourth-order valence-electron chi connectivity index (χ4n) is 1.78. The second kappa shape index (κ2) is 8.19. The SMILES string of the molecule is CCN(CC)CCOCc1cc(CN)ccc1F. The van der Waals surface area contributed by atoms with Gasteiger partial charge in [-0.2, -0.15) is 0 Å². The number of ether oxygens (including phenoxy) is 1. The normalized spacial score (nSPS) is 11.2. The van der Waals surface area contributed by atoms with Crippen molar-refractivity contribution in [2.45, 2.75) is 27.0 Å². The molecule has 0 aliphatic carbocycles. The van der Waals surface area contributed by atoms with Gasteiger partial charge < -0.3 is 15.4 Å². The first-order valence-corrected chi connectivity index (χ1v) is 6.48. The van der Waals surface area contributed by atoms with E-state index in [0.717, 1.165) is 25.2 Å². The molecule has 0 heterocycles. The van der Waals surface area contributed by atoms with Crippen molar-refractivity contribution >= 4 is 0 Å². The molecule has 0 bridgehead atoms. The van der Waals surface area contributed by atoms with Gasteiger partial charge in [-0.25, -0.2) is 4.39 Å². The minimum absolute atomic E-state index is 0.227. The van der Waals surface area contributed by atoms with Crippen molar-refractivity contribution in [3.63, 3.8) is 0 Å². The maximum atomic E-state index is 13.5. The lowest BCUT2D eigenvalue weighted by atomic mass is 10.1. The van der Waals surface area contributed by atoms with E-state index in [1.54, 1.807) is 12.1 Å². The Morgan fingerprint density at radius 2 is 2.00 bits per heavy atom. The van der Waals surface area contributed by atoms with E-state index < -0.39 is 0 Å². The van der Waals surface area contributed by atoms with E-state index >= 15 is 0 Å². The lowest BCUT2D eigenvalue weighted by Gasteiger charge is -2.17. The standard InChI is InChI=1S/C14H23FN2O/c1-3-17(4-2)7-8-18-11-13-9-12(10-16)5-6-14(13)15/h5-6,9H,3-4,7-8,10-11,16H2,1-2H3. The van der Waals surface area contributed by atoms with Gasteiger partial charge in [0, 0.05) is 18.7 Å². The molecule has 0 aliphatic rings. The molecule has 2 N–H and O–H groups in total. The Balaban J connectivity index is 2.39. The Kier molecular flexibility index (Phi) is 6.86. The third kappa shape index (κ3) is 4.72. The number of hydrogen-bond donors (Lipinski definition) is 1. The first-order valence-electron chi connectivity index (χ1n) is 6.48. The second-order valence-corrected chi connectivity index (χ2v) is 4.21. The van der Waals surface area contributed by atoms with Crippen LogP contribution in [0.5, 0.6) is 0 Å². The van der Waals surface area contributed by atoms with Crippen molar-refractivity contribution in [2.24, 2.45) is 5.73 Å². The van der Waals surface area contributed by atoms with Gasteiger partial charge in [-0.05, 0) is 30.8 Å². The Bertz CT molecular complexity index is 354. The number of nitrogens with two attached hydrogens (primary N) is 1. The maximum Gasteiger partial charge on any atom is 0.128 e. The summed E-state index contributed by atoms with van der Waals surface area (Å²) in [7, 11) is 0. The minimum Gasteiger partial charge on any atom is -0.375 e. The van der Waals surface area contributed by atoms with E-state index in [4.69, 9.17) is 10.5 Å². The van der Waals surface area contributed by atoms with Gasteiger partial charge >= 0.3 is 0 Å². The van der Waals surface area contributed by atoms with Gasteiger partial charge in [0.25, 0.3) is 0 Å². The van der Waals surface area contributed by atoms with E-state index in [0.29, 0.717) is 25.3 Å². The highest BCUT2D eigenvalue weighted by molar-refractivity contribution is 5.24. The van der Waals surface area contributed by atoms with Crippen LogP contribution in [-0.4, -0.2) is 31.1 Å². The van der Waals surface area contributed by atoms with Crippen LogP contribution in [-0.2, 0) is 17.9 Å². The van der Waals surface area contributed by atoms with Gasteiger partial charge in [-0.1, -0.05) is 19.9 Å². The lowest BCUT2D eigenvalue weighted by Crippen LogP contribution is -2.27. The summed E-state index contributed by atoms with van der Waals surface area (Å²) in [5.41, 5.74) is 7.04. The largest absolute Gasteiger partial charge is 0.375 e. The van der Waals surface area contributed by atoms with E-state index in [9.17, 15) is 4.39 Å². The fourth-order valence-corrected chi connectivity index (χ4v) is 1.78. The minimum atomic E-state index is -0.227. The molecule has 0 aliphatic heterocycles. The molecule has 0 saturated carbocycles. The van der Waals surface area contributed by atoms with Crippen LogP contribution in [0.1, 0.15) is 25.0 Å². The van der Waals surface area contributed by atoms with Gasteiger partial charge in [-0.15, -0.1) is 0 Å². The van der Waals surface area contributed by atoms with Crippen molar-refractivity contribution in [1.82, 2.24) is 4.90 Å². The molecular formula is C14H23FN2O. The summed E-state index contributed by atoms with van der Waals surface area (Å²) in [6, 6.07) is 4.92. The highest BCUT2D eigenvalue weighted by Crippen LogP contribution is 2.11. The van der Waals surface area contributed by atoms with E-state index in [1.807, 2.05) is 0 Å². The molecule has 0 unspecified atom stereocenters. The third-order valence-corrected chi connectivity index (χ3v) is 3.05. The molecule has 0 spiro atoms. The molecule has 1 aromatic carbocycles. The summed E-state index contributed by atoms with van der Waals surface area (Å²) in [5, 5.41) is 0. The van der Waals surface area contributed by atoms with E-state index in [-0.39, 0.29) is 5.82 Å². The molecule has 0 aromatic heterocycles. The third-order valence-electron chi connectivity index (χ3n) is 3.05. The molecule has 102 valence electrons. The summed E-state index contributed by atoms with van der Waals surface area (Å²) >= 11 is 0. The number of halogens is 1. The lowest BCUT2D eigenvalue weighted by molar-refractivity contribution is 0.0938. The number of benzene rings is 1. The predicted molar refractivity (Wildman–Crippen MR) is 71.7 cm³/mol. The van der Waals surface area contributed by atoms with Crippen LogP contribution in [0, 0.1) is 5.82 Å². The van der Waals surface area contributed by atoms with Crippen LogP contribution in [0.15, 0.2) is 18.2 Å². The van der Waals surface area contributed by atoms with Crippen molar-refractivity contribution in [1.29, 1.82) is 0 Å². The van der Waals surface area contributed by atoms with Crippen LogP contribution in [0.2, 0.25) is 0 Å². The number of rotatable bonds is 8. The van der Waals surface area contributed by atoms with Crippen LogP contribution >= 0.6 is 0 Å². The molecule has 18 heavy (non-hydrogen) atoms. The zero-order valence-electron chi connectivity index (χ0n) is 11.3. The van der Waals surface area contributed by atoms with Crippen molar-refractivity contribution < 1.29 is 9.13 Å². The summed E-state index contributed by atoms with van der Waals surface area (Å²) in [5.74, 6) is -0.227. The zero-order valence-corrected chi connectivity index (χ0v) is 11.3. The summed E-state index contributed by atoms with van der Waals surface area (Å²) in [6.45, 7) is 8.49. The topological polar surface area (TPSA) is 38.5 Å². The second-order valence-electron chi connectivity index (χ2n) is 4.21. The van der Waals surface area contributed by atoms with Gasteiger partial charge in [-0.3, -0.25) is 0 Å². The van der Waals surface area contributed by atoms with Crippen LogP contribution in [0.25, 0.3) is 0 Å². The molecule has 4 heteroatoms. The smallest absolute Gasteiger partial charge is 0.128 e. The Labute approximate surface area is 109 Å². The quantitative estimate of drug-likeness (QED) is 0.722. The summed E-state index contributed by atoms with van der Waals surface area (Å²) in [4.78, 5) is 2.27. The van der Waals surface area contributed by atoms with Gasteiger partial charge in [0.1, 0.15) is 5.82 Å². The van der Waals surface area contributed by atoms with Crippen molar-refractivity contribution in [3.8, 4) is 0 Å². The highest BCUT2D eigenvalue weighted by atomic mass is 19.1. The molecule has 0 saturated heterocycles. The average molecular weight is 254 g/mol. The summed E-state index contributed by atoms with van der Waals surface area (Å²) < 4.78 is 19.0. The summed E-state index contributed by atoms with van der Waals surface area (Å²) in [6.07, 6.45) is 0. The van der Waals surface area contributed by atoms with Crippen LogP contribution < -0.4 is 5.73 Å². The predicted octanol–water partition coefficient (Wildman–Crippen LogP) is 2.14. The fraction of sp³-hybridized carbons (Fsp3) is 0.571. The molecule has 0 amide bonds. The van der Waals surface area contributed by atoms with Gasteiger partial charge in [0.05, 0.1) is 13.2 Å². The monoisotopic (exact) mass is 254 g/mol. The molecule has 1 aromatic rings. The average Bonchev–Trinajstić information content (AvgIpc) is 2.41. The highest BCUT2D eigenvalue weighted by Gasteiger charge is 2.04. The number of likely N-dealkylation sites (N-methyl/N-ethyl adjacent to an activating group) is 1. The van der Waals surface area contributed by atoms with Crippen molar-refractivity contribution in [3.05, 3.63) is 35.1 Å². The Morgan fingerprint density at radius 1 is 1.28 bits per heavy atom. The van der Waals surface area contributed by atoms with Crippen molar-refractivity contribution in [2.75, 3.05) is 26.2 Å². The van der Waals surface area contributed by atoms with Gasteiger partial charge in [0.2, 0.25) is 0 Å². The number of hydrogen-bond acceptors (Lipinski definition) is 3. The number of nitrogens with zero attached hydrogens (tertiary/aromatic N) is 1. The van der Waals surface area contributed by atoms with E-state index in [2.05, 4.69) is 18.7 Å². The first kappa shape index (κ1) is 15.1. The molecule has 0 radical (unpaired) electrons. The van der Waals surface area contributed by atoms with Crippen LogP contribution in [0.3, 0.4) is 0 Å². The molecular weight excluding hydrogens is 231 g/mol. The maximum absolute atomic E-state index is 13.5. The van der Waals surface area contributed by atoms with Gasteiger partial charge in [0.15, 0.2) is 0 Å². The first-order chi connectivity index (χ1) is 8.71. The zero-order chi connectivity index (χ0) is 13.4. The Morgan fingerprint density at radius 3 is 2.61 bits per heavy atom.